The standard InChI is InChI=1S/C14H26NO3/c1-11(16)14(17)18-10-12-6-5-9-15(2)8-4-3-7-13(12)15/h11-13,16H,3-10H2,1-2H3/q+1/t11-,12-,13+,15-/m0/s1. The summed E-state index contributed by atoms with van der Waals surface area (Å²) in [5, 5.41) is 9.16. The van der Waals surface area contributed by atoms with Gasteiger partial charge in [-0.2, -0.15) is 0 Å². The minimum atomic E-state index is -0.999. The number of nitrogens with zero attached hydrogens (tertiary/aromatic N) is 1. The van der Waals surface area contributed by atoms with Gasteiger partial charge in [-0.25, -0.2) is 4.79 Å². The average molecular weight is 256 g/mol. The van der Waals surface area contributed by atoms with E-state index >= 15 is 0 Å². The lowest BCUT2D eigenvalue weighted by molar-refractivity contribution is -0.947. The van der Waals surface area contributed by atoms with Crippen LogP contribution in [0.3, 0.4) is 0 Å². The number of ether oxygens (including phenoxy) is 1. The fraction of sp³-hybridized carbons (Fsp3) is 0.929. The summed E-state index contributed by atoms with van der Waals surface area (Å²) in [6.07, 6.45) is 5.27. The van der Waals surface area contributed by atoms with Crippen molar-refractivity contribution in [1.82, 2.24) is 0 Å². The van der Waals surface area contributed by atoms with Gasteiger partial charge in [-0.05, 0) is 32.6 Å². The van der Waals surface area contributed by atoms with Crippen LogP contribution in [0.4, 0.5) is 0 Å². The van der Waals surface area contributed by atoms with Gasteiger partial charge in [0.15, 0.2) is 0 Å². The van der Waals surface area contributed by atoms with Gasteiger partial charge in [-0.15, -0.1) is 0 Å². The molecule has 4 nitrogen and oxygen atoms in total. The van der Waals surface area contributed by atoms with Crippen LogP contribution >= 0.6 is 0 Å². The molecule has 0 bridgehead atoms. The van der Waals surface area contributed by atoms with E-state index in [0.717, 1.165) is 10.9 Å². The first-order valence-corrected chi connectivity index (χ1v) is 7.22. The van der Waals surface area contributed by atoms with Crippen LogP contribution in [0.25, 0.3) is 0 Å². The number of piperidine rings is 2. The Morgan fingerprint density at radius 3 is 2.78 bits per heavy atom. The Kier molecular flexibility index (Phi) is 4.28. The number of carbonyl (C=O) groups is 1. The number of aliphatic hydroxyl groups excluding tert-OH is 1. The van der Waals surface area contributed by atoms with E-state index in [2.05, 4.69) is 7.05 Å². The summed E-state index contributed by atoms with van der Waals surface area (Å²) in [6.45, 7) is 4.49. The number of hydrogen-bond acceptors (Lipinski definition) is 3. The van der Waals surface area contributed by atoms with E-state index in [1.165, 1.54) is 45.7 Å². The summed E-state index contributed by atoms with van der Waals surface area (Å²) < 4.78 is 6.40. The van der Waals surface area contributed by atoms with Crippen molar-refractivity contribution in [3.8, 4) is 0 Å². The van der Waals surface area contributed by atoms with E-state index < -0.39 is 12.1 Å². The van der Waals surface area contributed by atoms with E-state index in [1.54, 1.807) is 0 Å². The van der Waals surface area contributed by atoms with Gasteiger partial charge in [-0.1, -0.05) is 0 Å². The molecule has 0 aromatic heterocycles. The summed E-state index contributed by atoms with van der Waals surface area (Å²) >= 11 is 0. The highest BCUT2D eigenvalue weighted by atomic mass is 16.5. The van der Waals surface area contributed by atoms with Gasteiger partial charge in [0.2, 0.25) is 0 Å². The summed E-state index contributed by atoms with van der Waals surface area (Å²) in [4.78, 5) is 11.3. The smallest absolute Gasteiger partial charge is 0.334 e. The molecule has 2 aliphatic heterocycles. The number of rotatable bonds is 3. The second-order valence-electron chi connectivity index (χ2n) is 6.20. The van der Waals surface area contributed by atoms with Crippen LogP contribution in [0.15, 0.2) is 0 Å². The van der Waals surface area contributed by atoms with E-state index in [-0.39, 0.29) is 0 Å². The molecule has 4 heteroatoms. The lowest BCUT2D eigenvalue weighted by Gasteiger charge is -2.51. The zero-order chi connectivity index (χ0) is 13.2. The lowest BCUT2D eigenvalue weighted by atomic mass is 9.82. The van der Waals surface area contributed by atoms with Gasteiger partial charge in [0.1, 0.15) is 6.10 Å². The maximum atomic E-state index is 11.3. The Morgan fingerprint density at radius 2 is 2.06 bits per heavy atom. The Labute approximate surface area is 110 Å². The van der Waals surface area contributed by atoms with Crippen molar-refractivity contribution in [2.45, 2.75) is 51.2 Å². The van der Waals surface area contributed by atoms with Crippen molar-refractivity contribution >= 4 is 5.97 Å². The molecular weight excluding hydrogens is 230 g/mol. The molecule has 1 N–H and O–H groups in total. The molecule has 2 heterocycles. The molecule has 2 saturated heterocycles. The number of esters is 1. The number of carbonyl (C=O) groups excluding carboxylic acids is 1. The molecule has 0 radical (unpaired) electrons. The fourth-order valence-corrected chi connectivity index (χ4v) is 3.74. The van der Waals surface area contributed by atoms with Gasteiger partial charge >= 0.3 is 5.97 Å². The van der Waals surface area contributed by atoms with Crippen LogP contribution in [-0.2, 0) is 9.53 Å². The predicted octanol–water partition coefficient (Wildman–Crippen LogP) is 1.32. The quantitative estimate of drug-likeness (QED) is 0.612. The molecule has 0 aliphatic carbocycles. The number of aliphatic hydroxyl groups is 1. The van der Waals surface area contributed by atoms with Crippen molar-refractivity contribution in [2.75, 3.05) is 26.7 Å². The van der Waals surface area contributed by atoms with Crippen LogP contribution in [-0.4, -0.2) is 54.4 Å². The SMILES string of the molecule is C[C@H](O)C(=O)OC[C@@H]1CCC[N@+]2(C)CCCC[C@H]12. The molecular formula is C14H26NO3+. The Hall–Kier alpha value is -0.610. The highest BCUT2D eigenvalue weighted by Gasteiger charge is 2.43. The molecule has 4 atom stereocenters. The topological polar surface area (TPSA) is 46.5 Å². The zero-order valence-electron chi connectivity index (χ0n) is 11.6. The van der Waals surface area contributed by atoms with Gasteiger partial charge in [0.05, 0.1) is 32.8 Å². The van der Waals surface area contributed by atoms with Crippen LogP contribution in [0, 0.1) is 5.92 Å². The Morgan fingerprint density at radius 1 is 1.33 bits per heavy atom. The normalized spacial score (nSPS) is 37.7. The Balaban J connectivity index is 1.93. The predicted molar refractivity (Wildman–Crippen MR) is 68.9 cm³/mol. The molecule has 0 aromatic carbocycles. The highest BCUT2D eigenvalue weighted by Crippen LogP contribution is 2.36. The molecule has 2 fully saturated rings. The van der Waals surface area contributed by atoms with Crippen LogP contribution < -0.4 is 0 Å². The molecule has 0 spiro atoms. The molecule has 0 amide bonds. The van der Waals surface area contributed by atoms with E-state index in [1.807, 2.05) is 0 Å². The molecule has 0 unspecified atom stereocenters. The van der Waals surface area contributed by atoms with Gasteiger partial charge in [0, 0.05) is 12.3 Å². The summed E-state index contributed by atoms with van der Waals surface area (Å²) in [6, 6.07) is 0.647. The number of hydrogen-bond donors (Lipinski definition) is 1. The van der Waals surface area contributed by atoms with E-state index in [9.17, 15) is 4.79 Å². The molecule has 2 aliphatic rings. The second-order valence-corrected chi connectivity index (χ2v) is 6.20. The minimum Gasteiger partial charge on any atom is -0.463 e. The lowest BCUT2D eigenvalue weighted by Crippen LogP contribution is -2.61. The van der Waals surface area contributed by atoms with E-state index in [0.29, 0.717) is 18.6 Å². The van der Waals surface area contributed by atoms with Crippen molar-refractivity contribution in [2.24, 2.45) is 5.92 Å². The molecule has 2 rings (SSSR count). The van der Waals surface area contributed by atoms with Gasteiger partial charge in [0.25, 0.3) is 0 Å². The summed E-state index contributed by atoms with van der Waals surface area (Å²) in [7, 11) is 2.35. The first-order chi connectivity index (χ1) is 8.53. The molecule has 104 valence electrons. The molecule has 0 aromatic rings. The first-order valence-electron chi connectivity index (χ1n) is 7.22. The molecule has 0 saturated carbocycles. The number of quaternary nitrogens is 1. The van der Waals surface area contributed by atoms with Crippen molar-refractivity contribution in [1.29, 1.82) is 0 Å². The largest absolute Gasteiger partial charge is 0.463 e. The van der Waals surface area contributed by atoms with Crippen LogP contribution in [0.5, 0.6) is 0 Å². The van der Waals surface area contributed by atoms with Gasteiger partial charge in [-0.3, -0.25) is 0 Å². The third kappa shape index (κ3) is 2.86. The van der Waals surface area contributed by atoms with Gasteiger partial charge < -0.3 is 14.3 Å². The van der Waals surface area contributed by atoms with E-state index in [4.69, 9.17) is 9.84 Å². The average Bonchev–Trinajstić information content (AvgIpc) is 2.34. The Bertz CT molecular complexity index is 301. The van der Waals surface area contributed by atoms with Crippen LogP contribution in [0.1, 0.15) is 39.0 Å². The number of fused-ring (bicyclic) bond motifs is 1. The maximum absolute atomic E-state index is 11.3. The summed E-state index contributed by atoms with van der Waals surface area (Å²) in [5.41, 5.74) is 0. The molecule has 18 heavy (non-hydrogen) atoms. The van der Waals surface area contributed by atoms with Crippen molar-refractivity contribution < 1.29 is 19.1 Å². The highest BCUT2D eigenvalue weighted by molar-refractivity contribution is 5.73. The fourth-order valence-electron chi connectivity index (χ4n) is 3.74. The van der Waals surface area contributed by atoms with Crippen molar-refractivity contribution in [3.63, 3.8) is 0 Å². The minimum absolute atomic E-state index is 0.478. The zero-order valence-corrected chi connectivity index (χ0v) is 11.6. The third-order valence-corrected chi connectivity index (χ3v) is 4.79. The maximum Gasteiger partial charge on any atom is 0.334 e. The summed E-state index contributed by atoms with van der Waals surface area (Å²) in [5.74, 6) is -0.00247. The van der Waals surface area contributed by atoms with Crippen molar-refractivity contribution in [3.05, 3.63) is 0 Å². The first kappa shape index (κ1) is 13.8. The second kappa shape index (κ2) is 5.57. The third-order valence-electron chi connectivity index (χ3n) is 4.79. The van der Waals surface area contributed by atoms with Crippen LogP contribution in [0.2, 0.25) is 0 Å². The monoisotopic (exact) mass is 256 g/mol.